The fraction of sp³-hybridized carbons (Fsp3) is 1.00. The third kappa shape index (κ3) is 2.65. The Morgan fingerprint density at radius 2 is 2.00 bits per heavy atom. The fourth-order valence-electron chi connectivity index (χ4n) is 1.35. The summed E-state index contributed by atoms with van der Waals surface area (Å²) in [7, 11) is 0. The van der Waals surface area contributed by atoms with Crippen LogP contribution in [0, 0.1) is 0 Å². The number of hydrogen-bond donors (Lipinski definition) is 3. The van der Waals surface area contributed by atoms with Crippen LogP contribution in [0.25, 0.3) is 0 Å². The molecule has 1 aliphatic heterocycles. The van der Waals surface area contributed by atoms with E-state index in [0.29, 0.717) is 6.61 Å². The number of ether oxygens (including phenoxy) is 2. The first-order valence-electron chi connectivity index (χ1n) is 4.94. The molecule has 1 heterocycles. The van der Waals surface area contributed by atoms with Crippen LogP contribution in [0.5, 0.6) is 0 Å². The van der Waals surface area contributed by atoms with Crippen molar-refractivity contribution >= 4 is 0 Å². The zero-order chi connectivity index (χ0) is 10.6. The smallest absolute Gasteiger partial charge is 0.186 e. The molecule has 0 bridgehead atoms. The molecule has 0 aromatic rings. The normalized spacial score (nSPS) is 37.7. The van der Waals surface area contributed by atoms with Gasteiger partial charge in [0, 0.05) is 6.61 Å². The van der Waals surface area contributed by atoms with Crippen LogP contribution in [0.3, 0.4) is 0 Å². The molecule has 0 aromatic heterocycles. The lowest BCUT2D eigenvalue weighted by molar-refractivity contribution is -0.169. The van der Waals surface area contributed by atoms with E-state index in [0.717, 1.165) is 12.8 Å². The van der Waals surface area contributed by atoms with Crippen LogP contribution in [-0.2, 0) is 9.47 Å². The molecule has 84 valence electrons. The third-order valence-electron chi connectivity index (χ3n) is 2.28. The first kappa shape index (κ1) is 11.9. The van der Waals surface area contributed by atoms with Crippen molar-refractivity contribution in [2.75, 3.05) is 13.2 Å². The zero-order valence-electron chi connectivity index (χ0n) is 8.30. The molecule has 1 fully saturated rings. The van der Waals surface area contributed by atoms with E-state index in [1.807, 2.05) is 6.92 Å². The summed E-state index contributed by atoms with van der Waals surface area (Å²) >= 11 is 0. The molecule has 3 N–H and O–H groups in total. The van der Waals surface area contributed by atoms with Gasteiger partial charge in [0.1, 0.15) is 18.3 Å². The van der Waals surface area contributed by atoms with Crippen LogP contribution < -0.4 is 0 Å². The summed E-state index contributed by atoms with van der Waals surface area (Å²) < 4.78 is 10.3. The molecule has 5 nitrogen and oxygen atoms in total. The quantitative estimate of drug-likeness (QED) is 0.515. The van der Waals surface area contributed by atoms with Gasteiger partial charge in [-0.2, -0.15) is 0 Å². The summed E-state index contributed by atoms with van der Waals surface area (Å²) in [6.45, 7) is 2.20. The van der Waals surface area contributed by atoms with Crippen LogP contribution in [0.15, 0.2) is 0 Å². The van der Waals surface area contributed by atoms with Crippen LogP contribution in [0.1, 0.15) is 19.8 Å². The van der Waals surface area contributed by atoms with E-state index in [2.05, 4.69) is 0 Å². The van der Waals surface area contributed by atoms with Gasteiger partial charge in [-0.25, -0.2) is 0 Å². The molecule has 1 saturated heterocycles. The summed E-state index contributed by atoms with van der Waals surface area (Å²) in [5.74, 6) is 0. The van der Waals surface area contributed by atoms with Gasteiger partial charge in [0.25, 0.3) is 0 Å². The molecular weight excluding hydrogens is 188 g/mol. The van der Waals surface area contributed by atoms with Crippen molar-refractivity contribution in [3.8, 4) is 0 Å². The van der Waals surface area contributed by atoms with Gasteiger partial charge in [-0.05, 0) is 6.42 Å². The third-order valence-corrected chi connectivity index (χ3v) is 2.28. The van der Waals surface area contributed by atoms with E-state index in [9.17, 15) is 10.2 Å². The van der Waals surface area contributed by atoms with Crippen molar-refractivity contribution in [2.45, 2.75) is 44.4 Å². The molecule has 0 spiro atoms. The zero-order valence-corrected chi connectivity index (χ0v) is 8.30. The topological polar surface area (TPSA) is 79.2 Å². The lowest BCUT2D eigenvalue weighted by Crippen LogP contribution is -2.34. The highest BCUT2D eigenvalue weighted by Gasteiger charge is 2.42. The van der Waals surface area contributed by atoms with E-state index in [-0.39, 0.29) is 6.61 Å². The lowest BCUT2D eigenvalue weighted by Gasteiger charge is -2.14. The number of unbranched alkanes of at least 4 members (excludes halogenated alkanes) is 1. The number of hydrogen-bond acceptors (Lipinski definition) is 5. The molecule has 1 aliphatic rings. The Morgan fingerprint density at radius 3 is 2.50 bits per heavy atom. The molecule has 1 rings (SSSR count). The van der Waals surface area contributed by atoms with Crippen molar-refractivity contribution < 1.29 is 24.8 Å². The van der Waals surface area contributed by atoms with Gasteiger partial charge in [0.15, 0.2) is 6.29 Å². The van der Waals surface area contributed by atoms with Crippen molar-refractivity contribution in [1.82, 2.24) is 0 Å². The molecule has 0 amide bonds. The molecule has 14 heavy (non-hydrogen) atoms. The Kier molecular flexibility index (Phi) is 4.77. The second-order valence-corrected chi connectivity index (χ2v) is 3.43. The van der Waals surface area contributed by atoms with Gasteiger partial charge < -0.3 is 24.8 Å². The summed E-state index contributed by atoms with van der Waals surface area (Å²) in [6, 6.07) is 0. The highest BCUT2D eigenvalue weighted by atomic mass is 16.7. The lowest BCUT2D eigenvalue weighted by atomic mass is 10.1. The molecule has 0 unspecified atom stereocenters. The van der Waals surface area contributed by atoms with Crippen LogP contribution in [0.4, 0.5) is 0 Å². The van der Waals surface area contributed by atoms with Gasteiger partial charge in [-0.15, -0.1) is 0 Å². The molecule has 0 saturated carbocycles. The van der Waals surface area contributed by atoms with Crippen LogP contribution >= 0.6 is 0 Å². The molecule has 5 heteroatoms. The number of aliphatic hydroxyl groups is 3. The molecule has 0 radical (unpaired) electrons. The van der Waals surface area contributed by atoms with Gasteiger partial charge in [-0.3, -0.25) is 0 Å². The van der Waals surface area contributed by atoms with Gasteiger partial charge in [0.2, 0.25) is 0 Å². The minimum Gasteiger partial charge on any atom is -0.394 e. The van der Waals surface area contributed by atoms with Crippen molar-refractivity contribution in [2.24, 2.45) is 0 Å². The largest absolute Gasteiger partial charge is 0.394 e. The summed E-state index contributed by atoms with van der Waals surface area (Å²) in [4.78, 5) is 0. The Bertz CT molecular complexity index is 163. The predicted molar refractivity (Wildman–Crippen MR) is 48.6 cm³/mol. The number of aliphatic hydroxyl groups excluding tert-OH is 3. The fourth-order valence-corrected chi connectivity index (χ4v) is 1.35. The summed E-state index contributed by atoms with van der Waals surface area (Å²) in [6.07, 6.45) is -1.80. The van der Waals surface area contributed by atoms with Gasteiger partial charge in [-0.1, -0.05) is 13.3 Å². The highest BCUT2D eigenvalue weighted by Crippen LogP contribution is 2.21. The van der Waals surface area contributed by atoms with E-state index in [1.54, 1.807) is 0 Å². The van der Waals surface area contributed by atoms with Crippen LogP contribution in [-0.4, -0.2) is 53.1 Å². The predicted octanol–water partition coefficient (Wildman–Crippen LogP) is -0.758. The number of rotatable bonds is 5. The maximum absolute atomic E-state index is 9.45. The van der Waals surface area contributed by atoms with Crippen molar-refractivity contribution in [1.29, 1.82) is 0 Å². The molecule has 0 aromatic carbocycles. The van der Waals surface area contributed by atoms with Crippen molar-refractivity contribution in [3.05, 3.63) is 0 Å². The average molecular weight is 206 g/mol. The van der Waals surface area contributed by atoms with E-state index < -0.39 is 24.6 Å². The second kappa shape index (κ2) is 5.63. The molecule has 0 aliphatic carbocycles. The van der Waals surface area contributed by atoms with E-state index in [4.69, 9.17) is 14.6 Å². The maximum Gasteiger partial charge on any atom is 0.186 e. The summed E-state index contributed by atoms with van der Waals surface area (Å²) in [5, 5.41) is 27.6. The Balaban J connectivity index is 2.32. The minimum absolute atomic E-state index is 0.314. The van der Waals surface area contributed by atoms with Gasteiger partial charge >= 0.3 is 0 Å². The average Bonchev–Trinajstić information content (AvgIpc) is 2.46. The SMILES string of the molecule is CCCCO[C@H]1O[C@H](CO)[C@@H](O)[C@H]1O. The summed E-state index contributed by atoms with van der Waals surface area (Å²) in [5.41, 5.74) is 0. The Hall–Kier alpha value is -0.200. The molecular formula is C9H18O5. The minimum atomic E-state index is -1.07. The Morgan fingerprint density at radius 1 is 1.29 bits per heavy atom. The first-order valence-corrected chi connectivity index (χ1v) is 4.94. The first-order chi connectivity index (χ1) is 6.70. The Labute approximate surface area is 83.3 Å². The van der Waals surface area contributed by atoms with Gasteiger partial charge in [0.05, 0.1) is 6.61 Å². The second-order valence-electron chi connectivity index (χ2n) is 3.43. The highest BCUT2D eigenvalue weighted by molar-refractivity contribution is 4.86. The van der Waals surface area contributed by atoms with E-state index >= 15 is 0 Å². The van der Waals surface area contributed by atoms with Crippen LogP contribution in [0.2, 0.25) is 0 Å². The standard InChI is InChI=1S/C9H18O5/c1-2-3-4-13-9-8(12)7(11)6(5-10)14-9/h6-12H,2-5H2,1H3/t6-,7-,8-,9+/m1/s1. The maximum atomic E-state index is 9.45. The monoisotopic (exact) mass is 206 g/mol. The van der Waals surface area contributed by atoms with E-state index in [1.165, 1.54) is 0 Å². The van der Waals surface area contributed by atoms with Crippen molar-refractivity contribution in [3.63, 3.8) is 0 Å². The molecule has 4 atom stereocenters.